The predicted octanol–water partition coefficient (Wildman–Crippen LogP) is 3.28. The Labute approximate surface area is 124 Å². The van der Waals surface area contributed by atoms with Gasteiger partial charge in [-0.2, -0.15) is 0 Å². The highest BCUT2D eigenvalue weighted by Gasteiger charge is 2.17. The molecule has 21 heavy (non-hydrogen) atoms. The molecule has 110 valence electrons. The van der Waals surface area contributed by atoms with Crippen molar-refractivity contribution in [1.29, 1.82) is 0 Å². The Bertz CT molecular complexity index is 637. The molecule has 1 aliphatic heterocycles. The number of hydrogen-bond acceptors (Lipinski definition) is 4. The second-order valence-corrected chi connectivity index (χ2v) is 5.35. The first kappa shape index (κ1) is 13.8. The molecule has 0 fully saturated rings. The number of rotatable bonds is 4. The van der Waals surface area contributed by atoms with Gasteiger partial charge in [0.05, 0.1) is 0 Å². The lowest BCUT2D eigenvalue weighted by Gasteiger charge is -2.15. The number of nitrogens with one attached hydrogen (secondary N) is 1. The fraction of sp³-hybridized carbons (Fsp3) is 0.294. The lowest BCUT2D eigenvalue weighted by molar-refractivity contribution is 0.174. The van der Waals surface area contributed by atoms with Crippen molar-refractivity contribution in [3.63, 3.8) is 0 Å². The summed E-state index contributed by atoms with van der Waals surface area (Å²) in [6.45, 7) is 4.96. The summed E-state index contributed by atoms with van der Waals surface area (Å²) >= 11 is 0. The molecule has 3 rings (SSSR count). The van der Waals surface area contributed by atoms with Crippen LogP contribution in [0.15, 0.2) is 36.4 Å². The summed E-state index contributed by atoms with van der Waals surface area (Å²) in [6.07, 6.45) is 0. The zero-order valence-electron chi connectivity index (χ0n) is 12.2. The molecule has 4 nitrogen and oxygen atoms in total. The molecular formula is C17H19NO3. The molecule has 2 aromatic rings. The Morgan fingerprint density at radius 2 is 1.81 bits per heavy atom. The third-order valence-corrected chi connectivity index (χ3v) is 3.75. The van der Waals surface area contributed by atoms with E-state index in [1.54, 1.807) is 6.07 Å². The molecule has 2 N–H and O–H groups in total. The standard InChI is InChI=1S/C17H19NO3/c1-11-3-5-13(6-4-11)12(2)18-9-14-7-16-17(8-15(14)19)21-10-20-16/h3-8,12,18-19H,9-10H2,1-2H3. The molecular weight excluding hydrogens is 266 g/mol. The summed E-state index contributed by atoms with van der Waals surface area (Å²) in [6, 6.07) is 12.1. The van der Waals surface area contributed by atoms with E-state index in [1.165, 1.54) is 11.1 Å². The third-order valence-electron chi connectivity index (χ3n) is 3.75. The first-order valence-corrected chi connectivity index (χ1v) is 7.05. The first-order valence-electron chi connectivity index (χ1n) is 7.05. The van der Waals surface area contributed by atoms with Crippen molar-refractivity contribution in [2.24, 2.45) is 0 Å². The number of phenolic OH excluding ortho intramolecular Hbond substituents is 1. The van der Waals surface area contributed by atoms with Gasteiger partial charge in [0, 0.05) is 24.2 Å². The summed E-state index contributed by atoms with van der Waals surface area (Å²) < 4.78 is 10.6. The molecule has 2 aromatic carbocycles. The van der Waals surface area contributed by atoms with Crippen LogP contribution in [0.5, 0.6) is 17.2 Å². The van der Waals surface area contributed by atoms with Crippen molar-refractivity contribution in [1.82, 2.24) is 5.32 Å². The minimum atomic E-state index is 0.204. The first-order chi connectivity index (χ1) is 10.1. The van der Waals surface area contributed by atoms with Gasteiger partial charge >= 0.3 is 0 Å². The Morgan fingerprint density at radius 3 is 2.52 bits per heavy atom. The number of aromatic hydroxyl groups is 1. The number of benzene rings is 2. The molecule has 0 bridgehead atoms. The second kappa shape index (κ2) is 5.66. The van der Waals surface area contributed by atoms with Gasteiger partial charge in [-0.15, -0.1) is 0 Å². The van der Waals surface area contributed by atoms with Crippen molar-refractivity contribution in [2.45, 2.75) is 26.4 Å². The highest BCUT2D eigenvalue weighted by Crippen LogP contribution is 2.37. The molecule has 1 aliphatic rings. The number of aryl methyl sites for hydroxylation is 1. The number of fused-ring (bicyclic) bond motifs is 1. The molecule has 0 aliphatic carbocycles. The van der Waals surface area contributed by atoms with Crippen LogP contribution in [0.2, 0.25) is 0 Å². The predicted molar refractivity (Wildman–Crippen MR) is 80.7 cm³/mol. The van der Waals surface area contributed by atoms with Crippen molar-refractivity contribution >= 4 is 0 Å². The van der Waals surface area contributed by atoms with Gasteiger partial charge in [-0.1, -0.05) is 29.8 Å². The summed E-state index contributed by atoms with van der Waals surface area (Å²) in [5, 5.41) is 13.4. The molecule has 0 radical (unpaired) electrons. The molecule has 0 aromatic heterocycles. The van der Waals surface area contributed by atoms with E-state index in [2.05, 4.69) is 43.4 Å². The second-order valence-electron chi connectivity index (χ2n) is 5.35. The van der Waals surface area contributed by atoms with Crippen LogP contribution in [0.25, 0.3) is 0 Å². The maximum absolute atomic E-state index is 10.0. The van der Waals surface area contributed by atoms with Crippen LogP contribution >= 0.6 is 0 Å². The van der Waals surface area contributed by atoms with Gasteiger partial charge in [0.25, 0.3) is 0 Å². The van der Waals surface area contributed by atoms with Crippen LogP contribution in [0.4, 0.5) is 0 Å². The maximum atomic E-state index is 10.0. The molecule has 1 unspecified atom stereocenters. The van der Waals surface area contributed by atoms with E-state index in [9.17, 15) is 5.11 Å². The quantitative estimate of drug-likeness (QED) is 0.905. The van der Waals surface area contributed by atoms with Gasteiger partial charge in [0.1, 0.15) is 5.75 Å². The van der Waals surface area contributed by atoms with Crippen molar-refractivity contribution in [3.05, 3.63) is 53.1 Å². The molecule has 0 spiro atoms. The summed E-state index contributed by atoms with van der Waals surface area (Å²) in [7, 11) is 0. The van der Waals surface area contributed by atoms with Crippen molar-refractivity contribution in [3.8, 4) is 17.2 Å². The van der Waals surface area contributed by atoms with Gasteiger partial charge in [-0.05, 0) is 25.5 Å². The molecule has 1 atom stereocenters. The number of hydrogen-bond donors (Lipinski definition) is 2. The normalized spacial score (nSPS) is 14.2. The molecule has 4 heteroatoms. The number of ether oxygens (including phenoxy) is 2. The highest BCUT2D eigenvalue weighted by molar-refractivity contribution is 5.51. The van der Waals surface area contributed by atoms with Crippen molar-refractivity contribution in [2.75, 3.05) is 6.79 Å². The lowest BCUT2D eigenvalue weighted by atomic mass is 10.1. The fourth-order valence-corrected chi connectivity index (χ4v) is 2.35. The summed E-state index contributed by atoms with van der Waals surface area (Å²) in [5.74, 6) is 1.51. The van der Waals surface area contributed by atoms with Crippen LogP contribution in [0, 0.1) is 6.92 Å². The van der Waals surface area contributed by atoms with Crippen LogP contribution in [-0.2, 0) is 6.54 Å². The monoisotopic (exact) mass is 285 g/mol. The van der Waals surface area contributed by atoms with E-state index in [4.69, 9.17) is 9.47 Å². The summed E-state index contributed by atoms with van der Waals surface area (Å²) in [4.78, 5) is 0. The van der Waals surface area contributed by atoms with Crippen LogP contribution < -0.4 is 14.8 Å². The van der Waals surface area contributed by atoms with Crippen molar-refractivity contribution < 1.29 is 14.6 Å². The molecule has 1 heterocycles. The van der Waals surface area contributed by atoms with E-state index in [0.29, 0.717) is 18.0 Å². The van der Waals surface area contributed by atoms with Gasteiger partial charge < -0.3 is 19.9 Å². The van der Waals surface area contributed by atoms with Gasteiger partial charge in [0.2, 0.25) is 6.79 Å². The average molecular weight is 285 g/mol. The zero-order valence-corrected chi connectivity index (χ0v) is 12.2. The smallest absolute Gasteiger partial charge is 0.231 e. The van der Waals surface area contributed by atoms with E-state index in [-0.39, 0.29) is 18.6 Å². The Kier molecular flexibility index (Phi) is 3.71. The van der Waals surface area contributed by atoms with E-state index < -0.39 is 0 Å². The van der Waals surface area contributed by atoms with Gasteiger partial charge in [-0.25, -0.2) is 0 Å². The lowest BCUT2D eigenvalue weighted by Crippen LogP contribution is -2.18. The minimum Gasteiger partial charge on any atom is -0.507 e. The zero-order chi connectivity index (χ0) is 14.8. The van der Waals surface area contributed by atoms with Crippen LogP contribution in [-0.4, -0.2) is 11.9 Å². The largest absolute Gasteiger partial charge is 0.507 e. The third kappa shape index (κ3) is 2.95. The van der Waals surface area contributed by atoms with Gasteiger partial charge in [-0.3, -0.25) is 0 Å². The molecule has 0 saturated carbocycles. The van der Waals surface area contributed by atoms with Gasteiger partial charge in [0.15, 0.2) is 11.5 Å². The summed E-state index contributed by atoms with van der Waals surface area (Å²) in [5.41, 5.74) is 3.28. The average Bonchev–Trinajstić information content (AvgIpc) is 2.92. The number of phenols is 1. The Hall–Kier alpha value is -2.20. The van der Waals surface area contributed by atoms with Crippen LogP contribution in [0.1, 0.15) is 29.7 Å². The van der Waals surface area contributed by atoms with E-state index in [1.807, 2.05) is 6.07 Å². The Morgan fingerprint density at radius 1 is 1.14 bits per heavy atom. The van der Waals surface area contributed by atoms with E-state index in [0.717, 1.165) is 5.56 Å². The van der Waals surface area contributed by atoms with E-state index >= 15 is 0 Å². The topological polar surface area (TPSA) is 50.7 Å². The fourth-order valence-electron chi connectivity index (χ4n) is 2.35. The molecule has 0 saturated heterocycles. The Balaban J connectivity index is 1.68. The van der Waals surface area contributed by atoms with Crippen LogP contribution in [0.3, 0.4) is 0 Å². The molecule has 0 amide bonds. The SMILES string of the molecule is Cc1ccc(C(C)NCc2cc3c(cc2O)OCO3)cc1. The minimum absolute atomic E-state index is 0.204. The maximum Gasteiger partial charge on any atom is 0.231 e. The highest BCUT2D eigenvalue weighted by atomic mass is 16.7.